The summed E-state index contributed by atoms with van der Waals surface area (Å²) >= 11 is 2.75. The quantitative estimate of drug-likeness (QED) is 0.381. The highest BCUT2D eigenvalue weighted by atomic mass is 32.2. The van der Waals surface area contributed by atoms with E-state index in [1.165, 1.54) is 17.8 Å². The number of hydrogen-bond acceptors (Lipinski definition) is 5. The van der Waals surface area contributed by atoms with Crippen molar-refractivity contribution in [2.75, 3.05) is 5.75 Å². The van der Waals surface area contributed by atoms with Crippen LogP contribution in [0.2, 0.25) is 0 Å². The van der Waals surface area contributed by atoms with Gasteiger partial charge in [-0.3, -0.25) is 4.79 Å². The fourth-order valence-corrected chi connectivity index (χ4v) is 5.21. The Hall–Kier alpha value is -2.56. The van der Waals surface area contributed by atoms with Crippen LogP contribution in [0.25, 0.3) is 10.4 Å². The molecule has 1 aromatic carbocycles. The first kappa shape index (κ1) is 19.7. The minimum Gasteiger partial charge on any atom is -0.293 e. The van der Waals surface area contributed by atoms with Gasteiger partial charge >= 0.3 is 0 Å². The summed E-state index contributed by atoms with van der Waals surface area (Å²) in [5, 5.41) is 12.4. The van der Waals surface area contributed by atoms with E-state index in [1.807, 2.05) is 17.5 Å². The van der Waals surface area contributed by atoms with E-state index in [9.17, 15) is 18.8 Å². The first-order valence-corrected chi connectivity index (χ1v) is 11.1. The van der Waals surface area contributed by atoms with Crippen LogP contribution in [0.4, 0.5) is 8.78 Å². The van der Waals surface area contributed by atoms with Gasteiger partial charge in [-0.05, 0) is 60.9 Å². The van der Waals surface area contributed by atoms with Gasteiger partial charge in [0.05, 0.1) is 11.3 Å². The third kappa shape index (κ3) is 3.96. The Kier molecular flexibility index (Phi) is 5.74. The summed E-state index contributed by atoms with van der Waals surface area (Å²) < 4.78 is 26.5. The lowest BCUT2D eigenvalue weighted by molar-refractivity contribution is 0.102. The van der Waals surface area contributed by atoms with E-state index in [1.54, 1.807) is 11.3 Å². The number of aryl methyl sites for hydroxylation is 1. The molecule has 1 aliphatic rings. The van der Waals surface area contributed by atoms with Crippen LogP contribution in [-0.2, 0) is 12.8 Å². The minimum absolute atomic E-state index is 0.00454. The summed E-state index contributed by atoms with van der Waals surface area (Å²) in [6.45, 7) is 0. The van der Waals surface area contributed by atoms with Crippen LogP contribution in [0, 0.1) is 23.0 Å². The number of aromatic nitrogens is 1. The fourth-order valence-electron chi connectivity index (χ4n) is 3.51. The van der Waals surface area contributed by atoms with Gasteiger partial charge in [0.25, 0.3) is 0 Å². The van der Waals surface area contributed by atoms with Gasteiger partial charge in [-0.25, -0.2) is 13.8 Å². The van der Waals surface area contributed by atoms with Crippen molar-refractivity contribution in [1.82, 2.24) is 4.98 Å². The van der Waals surface area contributed by atoms with Crippen LogP contribution in [-0.4, -0.2) is 16.5 Å². The predicted molar refractivity (Wildman–Crippen MR) is 110 cm³/mol. The van der Waals surface area contributed by atoms with Crippen molar-refractivity contribution < 1.29 is 13.6 Å². The van der Waals surface area contributed by atoms with Crippen molar-refractivity contribution in [2.24, 2.45) is 0 Å². The van der Waals surface area contributed by atoms with Crippen LogP contribution in [0.5, 0.6) is 0 Å². The van der Waals surface area contributed by atoms with Gasteiger partial charge in [0.1, 0.15) is 11.1 Å². The first-order chi connectivity index (χ1) is 14.1. The molecule has 7 heteroatoms. The zero-order valence-electron chi connectivity index (χ0n) is 15.4. The maximum Gasteiger partial charge on any atom is 0.173 e. The lowest BCUT2D eigenvalue weighted by Gasteiger charge is -2.21. The molecule has 146 valence electrons. The summed E-state index contributed by atoms with van der Waals surface area (Å²) in [5.74, 6) is -2.38. The van der Waals surface area contributed by atoms with Crippen LogP contribution in [0.3, 0.4) is 0 Å². The van der Waals surface area contributed by atoms with E-state index < -0.39 is 11.6 Å². The smallest absolute Gasteiger partial charge is 0.173 e. The molecule has 0 saturated heterocycles. The number of Topliss-reactive ketones (excluding diaryl/α,β-unsaturated/α-hetero) is 1. The number of hydrogen-bond donors (Lipinski definition) is 0. The topological polar surface area (TPSA) is 53.8 Å². The monoisotopic (exact) mass is 426 g/mol. The fraction of sp³-hybridized carbons (Fsp3) is 0.227. The zero-order chi connectivity index (χ0) is 20.4. The van der Waals surface area contributed by atoms with Crippen molar-refractivity contribution in [3.05, 3.63) is 69.7 Å². The Morgan fingerprint density at radius 1 is 1.21 bits per heavy atom. The van der Waals surface area contributed by atoms with E-state index in [2.05, 4.69) is 6.07 Å². The van der Waals surface area contributed by atoms with Crippen molar-refractivity contribution in [1.29, 1.82) is 5.26 Å². The number of rotatable bonds is 5. The summed E-state index contributed by atoms with van der Waals surface area (Å²) in [5.41, 5.74) is 3.63. The van der Waals surface area contributed by atoms with Gasteiger partial charge in [0, 0.05) is 21.7 Å². The van der Waals surface area contributed by atoms with Gasteiger partial charge in [-0.1, -0.05) is 17.8 Å². The Labute approximate surface area is 175 Å². The molecule has 0 fully saturated rings. The van der Waals surface area contributed by atoms with Crippen LogP contribution >= 0.6 is 23.1 Å². The zero-order valence-corrected chi connectivity index (χ0v) is 17.0. The third-order valence-corrected chi connectivity index (χ3v) is 6.76. The Morgan fingerprint density at radius 3 is 2.76 bits per heavy atom. The number of carbonyl (C=O) groups excluding carboxylic acids is 1. The Bertz CT molecular complexity index is 1120. The first-order valence-electron chi connectivity index (χ1n) is 9.19. The van der Waals surface area contributed by atoms with Crippen molar-refractivity contribution >= 4 is 28.9 Å². The number of ketones is 1. The average molecular weight is 427 g/mol. The van der Waals surface area contributed by atoms with Gasteiger partial charge in [0.15, 0.2) is 17.4 Å². The second kappa shape index (κ2) is 8.44. The number of carbonyl (C=O) groups is 1. The lowest BCUT2D eigenvalue weighted by atomic mass is 9.89. The number of thiophene rings is 1. The molecule has 0 radical (unpaired) electrons. The van der Waals surface area contributed by atoms with Crippen molar-refractivity contribution in [3.8, 4) is 16.5 Å². The number of benzene rings is 1. The largest absolute Gasteiger partial charge is 0.293 e. The molecule has 2 heterocycles. The van der Waals surface area contributed by atoms with Gasteiger partial charge in [-0.2, -0.15) is 5.26 Å². The molecule has 0 spiro atoms. The number of nitriles is 1. The highest BCUT2D eigenvalue weighted by molar-refractivity contribution is 8.00. The molecule has 3 aromatic rings. The number of nitrogens with zero attached hydrogens (tertiary/aromatic N) is 2. The van der Waals surface area contributed by atoms with Crippen molar-refractivity contribution in [2.45, 2.75) is 30.7 Å². The molecule has 0 atom stereocenters. The Morgan fingerprint density at radius 2 is 2.03 bits per heavy atom. The second-order valence-electron chi connectivity index (χ2n) is 6.73. The SMILES string of the molecule is N#Cc1c(SCC(=O)c2ccc(F)c(F)c2)nc2c(c1-c1cccs1)CCCC2. The molecular formula is C22H16F2N2OS2. The second-order valence-corrected chi connectivity index (χ2v) is 8.64. The van der Waals surface area contributed by atoms with Crippen LogP contribution < -0.4 is 0 Å². The average Bonchev–Trinajstić information content (AvgIpc) is 3.27. The molecule has 0 unspecified atom stereocenters. The van der Waals surface area contributed by atoms with Crippen LogP contribution in [0.1, 0.15) is 40.0 Å². The van der Waals surface area contributed by atoms with Gasteiger partial charge in [-0.15, -0.1) is 11.3 Å². The molecule has 2 aromatic heterocycles. The minimum atomic E-state index is -1.05. The summed E-state index contributed by atoms with van der Waals surface area (Å²) in [6.07, 6.45) is 3.86. The molecule has 4 rings (SSSR count). The normalized spacial score (nSPS) is 13.0. The van der Waals surface area contributed by atoms with E-state index in [0.717, 1.165) is 59.5 Å². The highest BCUT2D eigenvalue weighted by Crippen LogP contribution is 2.39. The van der Waals surface area contributed by atoms with Gasteiger partial charge in [0.2, 0.25) is 0 Å². The summed E-state index contributed by atoms with van der Waals surface area (Å²) in [6, 6.07) is 9.35. The van der Waals surface area contributed by atoms with E-state index in [0.29, 0.717) is 10.6 Å². The van der Waals surface area contributed by atoms with E-state index in [4.69, 9.17) is 4.98 Å². The number of thioether (sulfide) groups is 1. The molecular weight excluding hydrogens is 410 g/mol. The number of fused-ring (bicyclic) bond motifs is 1. The lowest BCUT2D eigenvalue weighted by Crippen LogP contribution is -2.11. The molecule has 0 N–H and O–H groups in total. The number of pyridine rings is 1. The van der Waals surface area contributed by atoms with E-state index in [-0.39, 0.29) is 17.1 Å². The molecule has 0 bridgehead atoms. The molecule has 0 amide bonds. The maximum absolute atomic E-state index is 13.4. The molecule has 0 aliphatic heterocycles. The standard InChI is InChI=1S/C22H16F2N2OS2/c23-16-8-7-13(10-17(16)24)19(27)12-29-22-15(11-25)21(20-6-3-9-28-20)14-4-1-2-5-18(14)26-22/h3,6-10H,1-2,4-5,12H2. The summed E-state index contributed by atoms with van der Waals surface area (Å²) in [7, 11) is 0. The molecule has 1 aliphatic carbocycles. The number of halogens is 2. The summed E-state index contributed by atoms with van der Waals surface area (Å²) in [4.78, 5) is 18.2. The Balaban J connectivity index is 1.68. The van der Waals surface area contributed by atoms with E-state index >= 15 is 0 Å². The molecule has 3 nitrogen and oxygen atoms in total. The predicted octanol–water partition coefficient (Wildman–Crippen LogP) is 5.81. The molecule has 0 saturated carbocycles. The van der Waals surface area contributed by atoms with Crippen molar-refractivity contribution in [3.63, 3.8) is 0 Å². The van der Waals surface area contributed by atoms with Crippen LogP contribution in [0.15, 0.2) is 40.7 Å². The van der Waals surface area contributed by atoms with Gasteiger partial charge < -0.3 is 0 Å². The third-order valence-electron chi connectivity index (χ3n) is 4.90. The highest BCUT2D eigenvalue weighted by Gasteiger charge is 2.24. The molecule has 29 heavy (non-hydrogen) atoms. The maximum atomic E-state index is 13.4.